The highest BCUT2D eigenvalue weighted by atomic mass is 19.4. The molecule has 0 saturated carbocycles. The summed E-state index contributed by atoms with van der Waals surface area (Å²) in [5.74, 6) is -2.69. The van der Waals surface area contributed by atoms with Gasteiger partial charge in [0.05, 0.1) is 6.61 Å². The van der Waals surface area contributed by atoms with Crippen molar-refractivity contribution in [2.75, 3.05) is 11.9 Å². The summed E-state index contributed by atoms with van der Waals surface area (Å²) in [7, 11) is 0. The topological polar surface area (TPSA) is 67.4 Å². The van der Waals surface area contributed by atoms with Crippen LogP contribution in [-0.4, -0.2) is 30.3 Å². The molecule has 140 valence electrons. The lowest BCUT2D eigenvalue weighted by molar-refractivity contribution is -0.208. The number of hydrogen-bond acceptors (Lipinski definition) is 4. The molecule has 1 aromatic rings. The van der Waals surface area contributed by atoms with Gasteiger partial charge >= 0.3 is 17.8 Å². The molecule has 0 spiro atoms. The summed E-state index contributed by atoms with van der Waals surface area (Å²) in [6.45, 7) is 6.20. The van der Waals surface area contributed by atoms with Gasteiger partial charge in [-0.25, -0.2) is 4.79 Å². The molecule has 8 heteroatoms. The van der Waals surface area contributed by atoms with Crippen molar-refractivity contribution in [1.29, 1.82) is 0 Å². The van der Waals surface area contributed by atoms with Gasteiger partial charge in [-0.2, -0.15) is 13.2 Å². The average molecular weight is 360 g/mol. The summed E-state index contributed by atoms with van der Waals surface area (Å²) in [6.07, 6.45) is -5.28. The van der Waals surface area contributed by atoms with Crippen LogP contribution in [-0.2, 0) is 14.3 Å². The first-order valence-corrected chi connectivity index (χ1v) is 7.91. The largest absolute Gasteiger partial charge is 0.463 e. The van der Waals surface area contributed by atoms with E-state index < -0.39 is 23.7 Å². The molecule has 0 bridgehead atoms. The number of carbonyl (C=O) groups is 2. The Bertz CT molecular complexity index is 617. The number of anilines is 1. The maximum Gasteiger partial charge on any atom is 0.441 e. The van der Waals surface area contributed by atoms with Gasteiger partial charge in [-0.1, -0.05) is 26.0 Å². The Morgan fingerprint density at radius 3 is 2.36 bits per heavy atom. The number of amides is 1. The van der Waals surface area contributed by atoms with E-state index in [4.69, 9.17) is 0 Å². The second kappa shape index (κ2) is 8.22. The van der Waals surface area contributed by atoms with Gasteiger partial charge < -0.3 is 15.4 Å². The third kappa shape index (κ3) is 5.37. The number of esters is 1. The normalized spacial score (nSPS) is 13.9. The zero-order chi connectivity index (χ0) is 19.3. The van der Waals surface area contributed by atoms with E-state index in [1.54, 1.807) is 38.2 Å². The van der Waals surface area contributed by atoms with E-state index >= 15 is 0 Å². The second-order valence-electron chi connectivity index (χ2n) is 6.11. The highest BCUT2D eigenvalue weighted by Gasteiger charge is 2.63. The maximum atomic E-state index is 13.9. The standard InChI is InChI=1S/C17H23F3N2O3/c1-5-25-15(24)16(17(18,19)20,22-14(23)9-11(2)3)21-13-8-6-7-12(4)10-13/h6-8,10-11,21H,5,9H2,1-4H3,(H,22,23)/t16-/m0/s1. The minimum absolute atomic E-state index is 0.0372. The fourth-order valence-corrected chi connectivity index (χ4v) is 2.20. The molecule has 0 fully saturated rings. The van der Waals surface area contributed by atoms with E-state index in [0.29, 0.717) is 5.56 Å². The number of hydrogen-bond donors (Lipinski definition) is 2. The zero-order valence-corrected chi connectivity index (χ0v) is 14.7. The molecule has 0 aliphatic heterocycles. The van der Waals surface area contributed by atoms with Gasteiger partial charge in [0.25, 0.3) is 0 Å². The summed E-state index contributed by atoms with van der Waals surface area (Å²) < 4.78 is 46.2. The van der Waals surface area contributed by atoms with Crippen LogP contribution < -0.4 is 10.6 Å². The van der Waals surface area contributed by atoms with Crippen LogP contribution in [0.25, 0.3) is 0 Å². The molecule has 1 amide bonds. The monoisotopic (exact) mass is 360 g/mol. The average Bonchev–Trinajstić information content (AvgIpc) is 2.44. The van der Waals surface area contributed by atoms with E-state index in [-0.39, 0.29) is 24.6 Å². The van der Waals surface area contributed by atoms with Crippen LogP contribution in [0.2, 0.25) is 0 Å². The van der Waals surface area contributed by atoms with Crippen molar-refractivity contribution in [3.8, 4) is 0 Å². The Labute approximate surface area is 144 Å². The van der Waals surface area contributed by atoms with Gasteiger partial charge in [0.2, 0.25) is 5.91 Å². The first kappa shape index (κ1) is 20.8. The van der Waals surface area contributed by atoms with Crippen LogP contribution in [0, 0.1) is 12.8 Å². The molecule has 25 heavy (non-hydrogen) atoms. The number of benzene rings is 1. The SMILES string of the molecule is CCOC(=O)[C@@](NC(=O)CC(C)C)(Nc1cccc(C)c1)C(F)(F)F. The van der Waals surface area contributed by atoms with E-state index in [1.807, 2.05) is 0 Å². The first-order chi connectivity index (χ1) is 11.5. The Morgan fingerprint density at radius 2 is 1.88 bits per heavy atom. The van der Waals surface area contributed by atoms with Gasteiger partial charge in [-0.3, -0.25) is 4.79 Å². The molecule has 5 nitrogen and oxygen atoms in total. The quantitative estimate of drug-likeness (QED) is 0.578. The van der Waals surface area contributed by atoms with Crippen LogP contribution >= 0.6 is 0 Å². The molecule has 0 heterocycles. The fraction of sp³-hybridized carbons (Fsp3) is 0.529. The molecule has 0 aliphatic rings. The van der Waals surface area contributed by atoms with Crippen LogP contribution in [0.4, 0.5) is 18.9 Å². The van der Waals surface area contributed by atoms with Crippen LogP contribution in [0.5, 0.6) is 0 Å². The van der Waals surface area contributed by atoms with E-state index in [1.165, 1.54) is 19.1 Å². The van der Waals surface area contributed by atoms with Crippen LogP contribution in [0.3, 0.4) is 0 Å². The third-order valence-corrected chi connectivity index (χ3v) is 3.28. The van der Waals surface area contributed by atoms with Crippen LogP contribution in [0.1, 0.15) is 32.8 Å². The smallest absolute Gasteiger partial charge is 0.441 e. The Kier molecular flexibility index (Phi) is 6.84. The molecule has 0 aliphatic carbocycles. The predicted octanol–water partition coefficient (Wildman–Crippen LogP) is 3.39. The van der Waals surface area contributed by atoms with Gasteiger partial charge in [-0.15, -0.1) is 0 Å². The van der Waals surface area contributed by atoms with Crippen molar-refractivity contribution in [1.82, 2.24) is 5.32 Å². The Morgan fingerprint density at radius 1 is 1.24 bits per heavy atom. The first-order valence-electron chi connectivity index (χ1n) is 7.91. The van der Waals surface area contributed by atoms with Crippen molar-refractivity contribution in [2.24, 2.45) is 5.92 Å². The summed E-state index contributed by atoms with van der Waals surface area (Å²) in [5, 5.41) is 3.94. The number of aryl methyl sites for hydroxylation is 1. The summed E-state index contributed by atoms with van der Waals surface area (Å²) in [4.78, 5) is 24.2. The summed E-state index contributed by atoms with van der Waals surface area (Å²) >= 11 is 0. The lowest BCUT2D eigenvalue weighted by Crippen LogP contribution is -2.69. The summed E-state index contributed by atoms with van der Waals surface area (Å²) in [5.41, 5.74) is -2.63. The highest BCUT2D eigenvalue weighted by Crippen LogP contribution is 2.33. The lowest BCUT2D eigenvalue weighted by Gasteiger charge is -2.35. The van der Waals surface area contributed by atoms with E-state index in [9.17, 15) is 22.8 Å². The van der Waals surface area contributed by atoms with Crippen molar-refractivity contribution in [3.63, 3.8) is 0 Å². The number of carbonyl (C=O) groups excluding carboxylic acids is 2. The zero-order valence-electron chi connectivity index (χ0n) is 14.7. The number of halogens is 3. The number of rotatable bonds is 7. The van der Waals surface area contributed by atoms with E-state index in [0.717, 1.165) is 0 Å². The molecular weight excluding hydrogens is 337 g/mol. The third-order valence-electron chi connectivity index (χ3n) is 3.28. The van der Waals surface area contributed by atoms with Crippen molar-refractivity contribution in [3.05, 3.63) is 29.8 Å². The molecule has 1 aromatic carbocycles. The van der Waals surface area contributed by atoms with Gasteiger partial charge in [-0.05, 0) is 37.5 Å². The predicted molar refractivity (Wildman–Crippen MR) is 87.8 cm³/mol. The molecule has 0 unspecified atom stereocenters. The van der Waals surface area contributed by atoms with Gasteiger partial charge in [0.15, 0.2) is 0 Å². The van der Waals surface area contributed by atoms with Crippen molar-refractivity contribution in [2.45, 2.75) is 46.0 Å². The fourth-order valence-electron chi connectivity index (χ4n) is 2.20. The molecule has 2 N–H and O–H groups in total. The minimum atomic E-state index is -5.12. The number of alkyl halides is 3. The molecular formula is C17H23F3N2O3. The van der Waals surface area contributed by atoms with Gasteiger partial charge in [0, 0.05) is 12.1 Å². The summed E-state index contributed by atoms with van der Waals surface area (Å²) in [6, 6.07) is 6.05. The second-order valence-corrected chi connectivity index (χ2v) is 6.11. The maximum absolute atomic E-state index is 13.9. The number of ether oxygens (including phenoxy) is 1. The molecule has 0 radical (unpaired) electrons. The Balaban J connectivity index is 3.33. The molecule has 1 atom stereocenters. The lowest BCUT2D eigenvalue weighted by atomic mass is 10.1. The molecule has 1 rings (SSSR count). The molecule has 0 aromatic heterocycles. The number of nitrogens with one attached hydrogen (secondary N) is 2. The van der Waals surface area contributed by atoms with Gasteiger partial charge in [0.1, 0.15) is 0 Å². The van der Waals surface area contributed by atoms with Crippen LogP contribution in [0.15, 0.2) is 24.3 Å². The Hall–Kier alpha value is -2.25. The van der Waals surface area contributed by atoms with Crippen molar-refractivity contribution >= 4 is 17.6 Å². The minimum Gasteiger partial charge on any atom is -0.463 e. The van der Waals surface area contributed by atoms with E-state index in [2.05, 4.69) is 10.1 Å². The highest BCUT2D eigenvalue weighted by molar-refractivity contribution is 5.91. The molecule has 0 saturated heterocycles. The van der Waals surface area contributed by atoms with Crippen molar-refractivity contribution < 1.29 is 27.5 Å².